The molecule has 0 fully saturated rings. The van der Waals surface area contributed by atoms with Gasteiger partial charge in [0, 0.05) is 68.1 Å². The Kier molecular flexibility index (Phi) is 9.27. The van der Waals surface area contributed by atoms with Crippen LogP contribution in [-0.4, -0.2) is 75.7 Å². The van der Waals surface area contributed by atoms with E-state index in [0.29, 0.717) is 66.4 Å². The van der Waals surface area contributed by atoms with Gasteiger partial charge in [0.2, 0.25) is 0 Å². The second kappa shape index (κ2) is 13.0. The number of carboxylic acid groups (broad SMARTS) is 2. The maximum absolute atomic E-state index is 11.6. The van der Waals surface area contributed by atoms with Crippen LogP contribution >= 0.6 is 0 Å². The molecule has 4 aromatic rings. The second-order valence-electron chi connectivity index (χ2n) is 11.9. The van der Waals surface area contributed by atoms with Crippen LogP contribution in [0.2, 0.25) is 0 Å². The van der Waals surface area contributed by atoms with Gasteiger partial charge in [-0.1, -0.05) is 0 Å². The highest BCUT2D eigenvalue weighted by molar-refractivity contribution is 5.70. The van der Waals surface area contributed by atoms with Gasteiger partial charge in [-0.05, 0) is 98.2 Å². The molecule has 46 heavy (non-hydrogen) atoms. The number of fused-ring (bicyclic) bond motifs is 8. The van der Waals surface area contributed by atoms with Gasteiger partial charge in [0.05, 0.1) is 13.2 Å². The van der Waals surface area contributed by atoms with Crippen molar-refractivity contribution < 1.29 is 40.2 Å². The van der Waals surface area contributed by atoms with Gasteiger partial charge in [-0.15, -0.1) is 0 Å². The SMILES string of the molecule is Cc1c2[nH]c(c1CCC(=O)O)C=c1[nH]c(c(C)c1CCC(=O)O)=Cc1[nH]c(c([C@@H](O)CO)c1C)C=c1[nH]c(c([C@@H](O)CO)c1C)=C2. The third-order valence-corrected chi connectivity index (χ3v) is 8.98. The highest BCUT2D eigenvalue weighted by Gasteiger charge is 2.22. The molecule has 2 atom stereocenters. The lowest BCUT2D eigenvalue weighted by Crippen LogP contribution is -2.16. The summed E-state index contributed by atoms with van der Waals surface area (Å²) in [5.74, 6) is -1.88. The number of aliphatic hydroxyl groups is 4. The van der Waals surface area contributed by atoms with Crippen LogP contribution in [0.4, 0.5) is 0 Å². The predicted molar refractivity (Wildman–Crippen MR) is 171 cm³/mol. The Morgan fingerprint density at radius 1 is 0.565 bits per heavy atom. The number of nitrogens with one attached hydrogen (secondary N) is 4. The number of aliphatic carboxylic acids is 2. The standard InChI is InChI=1S/C34H40N4O8/c1-15-19(5-7-31(43)44)25-12-26-20(6-8-32(45)46)16(2)22(36-26)10-27-34(30(42)14-40)18(4)24(38-27)11-28-33(29(41)13-39)17(3)23(37-28)9-21(15)35-25/h9-12,29-30,35-42H,5-8,13-14H2,1-4H3,(H,43,44)(H,45,46)/t29-,30-/m0/s1. The fourth-order valence-electron chi connectivity index (χ4n) is 6.44. The zero-order valence-corrected chi connectivity index (χ0v) is 26.2. The molecule has 0 aliphatic carbocycles. The lowest BCUT2D eigenvalue weighted by molar-refractivity contribution is -0.138. The molecule has 1 aliphatic heterocycles. The molecule has 12 nitrogen and oxygen atoms in total. The average molecular weight is 633 g/mol. The topological polar surface area (TPSA) is 219 Å². The van der Waals surface area contributed by atoms with Gasteiger partial charge in [0.1, 0.15) is 12.2 Å². The van der Waals surface area contributed by atoms with E-state index in [1.807, 2.05) is 39.8 Å². The van der Waals surface area contributed by atoms with Crippen LogP contribution < -0.4 is 21.4 Å². The molecule has 0 spiro atoms. The van der Waals surface area contributed by atoms with Gasteiger partial charge in [-0.3, -0.25) is 9.59 Å². The molecule has 0 saturated heterocycles. The number of hydrogen-bond donors (Lipinski definition) is 10. The third-order valence-electron chi connectivity index (χ3n) is 8.98. The Labute approximate surface area is 263 Å². The maximum atomic E-state index is 11.6. The smallest absolute Gasteiger partial charge is 0.303 e. The van der Waals surface area contributed by atoms with Crippen molar-refractivity contribution in [2.45, 2.75) is 65.6 Å². The number of carbonyl (C=O) groups is 2. The summed E-state index contributed by atoms with van der Waals surface area (Å²) in [6, 6.07) is 0. The summed E-state index contributed by atoms with van der Waals surface area (Å²) in [5, 5.41) is 63.0. The summed E-state index contributed by atoms with van der Waals surface area (Å²) in [5.41, 5.74) is 8.10. The Bertz CT molecular complexity index is 2070. The molecule has 5 rings (SSSR count). The van der Waals surface area contributed by atoms with E-state index in [2.05, 4.69) is 19.9 Å². The van der Waals surface area contributed by atoms with Crippen LogP contribution in [0.15, 0.2) is 0 Å². The van der Waals surface area contributed by atoms with Gasteiger partial charge >= 0.3 is 11.9 Å². The van der Waals surface area contributed by atoms with E-state index in [4.69, 9.17) is 0 Å². The van der Waals surface area contributed by atoms with Crippen LogP contribution in [0.1, 0.15) is 92.3 Å². The summed E-state index contributed by atoms with van der Waals surface area (Å²) < 4.78 is 0. The molecule has 10 N–H and O–H groups in total. The van der Waals surface area contributed by atoms with Crippen LogP contribution in [0, 0.1) is 27.7 Å². The van der Waals surface area contributed by atoms with E-state index < -0.39 is 37.4 Å². The van der Waals surface area contributed by atoms with Gasteiger partial charge in [0.25, 0.3) is 0 Å². The number of aromatic nitrogens is 4. The first kappa shape index (κ1) is 32.8. The van der Waals surface area contributed by atoms with Gasteiger partial charge < -0.3 is 50.6 Å². The molecule has 0 aromatic carbocycles. The van der Waals surface area contributed by atoms with Crippen LogP contribution in [0.25, 0.3) is 24.3 Å². The van der Waals surface area contributed by atoms with E-state index in [-0.39, 0.29) is 25.7 Å². The molecule has 8 bridgehead atoms. The Hall–Kier alpha value is -4.62. The molecule has 0 saturated carbocycles. The van der Waals surface area contributed by atoms with E-state index in [1.165, 1.54) is 0 Å². The summed E-state index contributed by atoms with van der Waals surface area (Å²) in [6.07, 6.45) is 5.26. The van der Waals surface area contributed by atoms with Crippen molar-refractivity contribution in [2.75, 3.05) is 13.2 Å². The van der Waals surface area contributed by atoms with Crippen molar-refractivity contribution in [3.8, 4) is 0 Å². The van der Waals surface area contributed by atoms with Crippen molar-refractivity contribution >= 4 is 36.2 Å². The average Bonchev–Trinajstić information content (AvgIpc) is 3.67. The molecule has 0 radical (unpaired) electrons. The van der Waals surface area contributed by atoms with Gasteiger partial charge in [0.15, 0.2) is 0 Å². The van der Waals surface area contributed by atoms with Crippen LogP contribution in [0.3, 0.4) is 0 Å². The molecule has 1 aliphatic rings. The second-order valence-corrected chi connectivity index (χ2v) is 11.9. The van der Waals surface area contributed by atoms with Crippen LogP contribution in [-0.2, 0) is 22.4 Å². The van der Waals surface area contributed by atoms with Crippen LogP contribution in [0.5, 0.6) is 0 Å². The normalized spacial score (nSPS) is 13.7. The minimum atomic E-state index is -1.20. The van der Waals surface area contributed by atoms with Crippen molar-refractivity contribution in [1.82, 2.24) is 19.9 Å². The minimum Gasteiger partial charge on any atom is -0.481 e. The van der Waals surface area contributed by atoms with E-state index in [0.717, 1.165) is 22.3 Å². The zero-order valence-electron chi connectivity index (χ0n) is 26.2. The number of aliphatic hydroxyl groups excluding tert-OH is 4. The highest BCUT2D eigenvalue weighted by atomic mass is 16.4. The largest absolute Gasteiger partial charge is 0.481 e. The van der Waals surface area contributed by atoms with Crippen molar-refractivity contribution in [3.05, 3.63) is 88.7 Å². The Morgan fingerprint density at radius 2 is 1.04 bits per heavy atom. The molecular weight excluding hydrogens is 592 g/mol. The predicted octanol–water partition coefficient (Wildman–Crippen LogP) is -0.0529. The lowest BCUT2D eigenvalue weighted by atomic mass is 10.0. The fraction of sp³-hybridized carbons (Fsp3) is 0.353. The molecule has 0 unspecified atom stereocenters. The monoisotopic (exact) mass is 632 g/mol. The zero-order chi connectivity index (χ0) is 33.4. The van der Waals surface area contributed by atoms with E-state index >= 15 is 0 Å². The molecular formula is C34H40N4O8. The van der Waals surface area contributed by atoms with E-state index in [1.54, 1.807) is 12.2 Å². The van der Waals surface area contributed by atoms with Crippen molar-refractivity contribution in [2.24, 2.45) is 0 Å². The third kappa shape index (κ3) is 6.12. The van der Waals surface area contributed by atoms with E-state index in [9.17, 15) is 40.2 Å². The molecule has 0 amide bonds. The van der Waals surface area contributed by atoms with Gasteiger partial charge in [-0.2, -0.15) is 0 Å². The Morgan fingerprint density at radius 3 is 1.67 bits per heavy atom. The fourth-order valence-corrected chi connectivity index (χ4v) is 6.44. The first-order chi connectivity index (χ1) is 21.8. The number of carboxylic acids is 2. The number of aromatic amines is 4. The molecule has 5 heterocycles. The number of H-pyrrole nitrogens is 4. The summed E-state index contributed by atoms with van der Waals surface area (Å²) >= 11 is 0. The lowest BCUT2D eigenvalue weighted by Gasteiger charge is -2.08. The minimum absolute atomic E-state index is 0.0919. The first-order valence-electron chi connectivity index (χ1n) is 15.1. The molecule has 12 heteroatoms. The highest BCUT2D eigenvalue weighted by Crippen LogP contribution is 2.27. The number of hydrogen-bond acceptors (Lipinski definition) is 6. The van der Waals surface area contributed by atoms with Gasteiger partial charge in [-0.25, -0.2) is 0 Å². The quantitative estimate of drug-likeness (QED) is 0.100. The first-order valence-corrected chi connectivity index (χ1v) is 15.1. The Balaban J connectivity index is 1.94. The summed E-state index contributed by atoms with van der Waals surface area (Å²) in [7, 11) is 0. The number of rotatable bonds is 10. The molecule has 4 aromatic heterocycles. The summed E-state index contributed by atoms with van der Waals surface area (Å²) in [6.45, 7) is 6.41. The molecule has 244 valence electrons. The van der Waals surface area contributed by atoms with Crippen molar-refractivity contribution in [3.63, 3.8) is 0 Å². The van der Waals surface area contributed by atoms with Crippen molar-refractivity contribution in [1.29, 1.82) is 0 Å². The summed E-state index contributed by atoms with van der Waals surface area (Å²) in [4.78, 5) is 36.7. The maximum Gasteiger partial charge on any atom is 0.303 e.